The van der Waals surface area contributed by atoms with Crippen LogP contribution in [0.25, 0.3) is 5.31 Å². The van der Waals surface area contributed by atoms with Gasteiger partial charge in [-0.15, -0.1) is 0 Å². The molecule has 18 heavy (non-hydrogen) atoms. The first-order chi connectivity index (χ1) is 8.72. The molecule has 0 radical (unpaired) electrons. The number of rotatable bonds is 2. The number of hydrogen-bond acceptors (Lipinski definition) is 1. The van der Waals surface area contributed by atoms with E-state index < -0.39 is 7.14 Å². The molecule has 1 atom stereocenters. The van der Waals surface area contributed by atoms with Gasteiger partial charge in [0.2, 0.25) is 0 Å². The van der Waals surface area contributed by atoms with Crippen molar-refractivity contribution in [1.82, 2.24) is 0 Å². The zero-order chi connectivity index (χ0) is 12.6. The van der Waals surface area contributed by atoms with Crippen LogP contribution in [0, 0.1) is 0 Å². The van der Waals surface area contributed by atoms with Crippen LogP contribution in [0.5, 0.6) is 0 Å². The molecule has 2 heteroatoms. The maximum absolute atomic E-state index is 13.2. The van der Waals surface area contributed by atoms with Crippen LogP contribution in [-0.4, -0.2) is 6.16 Å². The molecule has 0 aliphatic carbocycles. The lowest BCUT2D eigenvalue weighted by Gasteiger charge is -2.33. The van der Waals surface area contributed by atoms with Gasteiger partial charge in [-0.1, -0.05) is 66.2 Å². The fourth-order valence-corrected chi connectivity index (χ4v) is 5.72. The third-order valence-electron chi connectivity index (χ3n) is 3.45. The van der Waals surface area contributed by atoms with E-state index in [1.165, 1.54) is 5.57 Å². The zero-order valence-electron chi connectivity index (χ0n) is 10.3. The molecule has 0 aromatic heterocycles. The summed E-state index contributed by atoms with van der Waals surface area (Å²) < 4.78 is 13.2. The third-order valence-corrected chi connectivity index (χ3v) is 6.86. The SMILES string of the molecule is CC1=C(c2ccccc2)P(=O)(c2ccccc2)C1. The molecule has 1 unspecified atom stereocenters. The first-order valence-electron chi connectivity index (χ1n) is 6.12. The lowest BCUT2D eigenvalue weighted by atomic mass is 10.1. The standard InChI is InChI=1S/C16H15OP/c1-13-12-18(17,15-10-6-3-7-11-15)16(13)14-8-4-2-5-9-14/h2-11H,12H2,1H3. The Labute approximate surface area is 108 Å². The number of allylic oxidation sites excluding steroid dienone is 1. The molecule has 90 valence electrons. The fourth-order valence-electron chi connectivity index (χ4n) is 2.65. The molecule has 0 amide bonds. The molecule has 2 aromatic rings. The monoisotopic (exact) mass is 254 g/mol. The topological polar surface area (TPSA) is 17.1 Å². The van der Waals surface area contributed by atoms with Crippen LogP contribution in [0.4, 0.5) is 0 Å². The van der Waals surface area contributed by atoms with Crippen molar-refractivity contribution in [2.45, 2.75) is 6.92 Å². The van der Waals surface area contributed by atoms with E-state index in [1.54, 1.807) is 0 Å². The summed E-state index contributed by atoms with van der Waals surface area (Å²) >= 11 is 0. The second kappa shape index (κ2) is 4.26. The lowest BCUT2D eigenvalue weighted by Crippen LogP contribution is -2.18. The molecule has 0 fully saturated rings. The minimum atomic E-state index is -2.35. The summed E-state index contributed by atoms with van der Waals surface area (Å²) in [5, 5.41) is 2.05. The molecule has 2 aromatic carbocycles. The van der Waals surface area contributed by atoms with Crippen LogP contribution >= 0.6 is 7.14 Å². The van der Waals surface area contributed by atoms with Crippen LogP contribution in [0.2, 0.25) is 0 Å². The Morgan fingerprint density at radius 1 is 0.889 bits per heavy atom. The Bertz CT molecular complexity index is 641. The van der Waals surface area contributed by atoms with Crippen molar-refractivity contribution in [2.75, 3.05) is 6.16 Å². The summed E-state index contributed by atoms with van der Waals surface area (Å²) in [6.45, 7) is 2.08. The Balaban J connectivity index is 2.11. The summed E-state index contributed by atoms with van der Waals surface area (Å²) in [5.74, 6) is 0. The molecule has 1 nitrogen and oxygen atoms in total. The van der Waals surface area contributed by atoms with Crippen LogP contribution < -0.4 is 5.30 Å². The van der Waals surface area contributed by atoms with Crippen molar-refractivity contribution in [1.29, 1.82) is 0 Å². The van der Waals surface area contributed by atoms with E-state index in [0.717, 1.165) is 22.3 Å². The summed E-state index contributed by atoms with van der Waals surface area (Å²) in [6.07, 6.45) is 0.723. The predicted molar refractivity (Wildman–Crippen MR) is 77.6 cm³/mol. The number of benzene rings is 2. The molecule has 0 spiro atoms. The maximum atomic E-state index is 13.2. The third kappa shape index (κ3) is 1.67. The van der Waals surface area contributed by atoms with Crippen LogP contribution in [0.3, 0.4) is 0 Å². The highest BCUT2D eigenvalue weighted by Gasteiger charge is 2.40. The van der Waals surface area contributed by atoms with E-state index in [2.05, 4.69) is 6.92 Å². The minimum absolute atomic E-state index is 0.723. The highest BCUT2D eigenvalue weighted by molar-refractivity contribution is 7.83. The van der Waals surface area contributed by atoms with Gasteiger partial charge in [0.25, 0.3) is 0 Å². The smallest absolute Gasteiger partial charge is 0.147 e. The van der Waals surface area contributed by atoms with E-state index in [0.29, 0.717) is 0 Å². The van der Waals surface area contributed by atoms with E-state index in [4.69, 9.17) is 0 Å². The molecule has 1 aliphatic rings. The van der Waals surface area contributed by atoms with Gasteiger partial charge in [0.05, 0.1) is 0 Å². The summed E-state index contributed by atoms with van der Waals surface area (Å²) in [7, 11) is -2.35. The first-order valence-corrected chi connectivity index (χ1v) is 8.01. The molecule has 1 heterocycles. The Kier molecular flexibility index (Phi) is 2.72. The van der Waals surface area contributed by atoms with Gasteiger partial charge in [0.15, 0.2) is 0 Å². The van der Waals surface area contributed by atoms with Gasteiger partial charge >= 0.3 is 0 Å². The average Bonchev–Trinajstić information content (AvgIpc) is 2.40. The Morgan fingerprint density at radius 2 is 1.44 bits per heavy atom. The highest BCUT2D eigenvalue weighted by Crippen LogP contribution is 2.67. The molecule has 3 rings (SSSR count). The molecule has 0 saturated carbocycles. The Hall–Kier alpha value is -1.59. The lowest BCUT2D eigenvalue weighted by molar-refractivity contribution is 0.586. The molecular formula is C16H15OP. The van der Waals surface area contributed by atoms with Gasteiger partial charge < -0.3 is 4.57 Å². The van der Waals surface area contributed by atoms with Crippen molar-refractivity contribution in [2.24, 2.45) is 0 Å². The highest BCUT2D eigenvalue weighted by atomic mass is 31.2. The van der Waals surface area contributed by atoms with Gasteiger partial charge in [-0.2, -0.15) is 0 Å². The van der Waals surface area contributed by atoms with Crippen molar-refractivity contribution >= 4 is 17.8 Å². The van der Waals surface area contributed by atoms with E-state index in [1.807, 2.05) is 60.7 Å². The van der Waals surface area contributed by atoms with Gasteiger partial charge in [-0.05, 0) is 12.5 Å². The Morgan fingerprint density at radius 3 is 2.00 bits per heavy atom. The van der Waals surface area contributed by atoms with Gasteiger partial charge in [0, 0.05) is 16.8 Å². The molecule has 0 N–H and O–H groups in total. The molecule has 1 aliphatic heterocycles. The second-order valence-electron chi connectivity index (χ2n) is 4.73. The average molecular weight is 254 g/mol. The molecule has 0 saturated heterocycles. The van der Waals surface area contributed by atoms with Gasteiger partial charge in [-0.3, -0.25) is 0 Å². The quantitative estimate of drug-likeness (QED) is 0.737. The predicted octanol–water partition coefficient (Wildman–Crippen LogP) is 4.12. The zero-order valence-corrected chi connectivity index (χ0v) is 11.2. The minimum Gasteiger partial charge on any atom is -0.313 e. The van der Waals surface area contributed by atoms with Crippen molar-refractivity contribution in [3.8, 4) is 0 Å². The van der Waals surface area contributed by atoms with Gasteiger partial charge in [-0.25, -0.2) is 0 Å². The molecule has 0 bridgehead atoms. The van der Waals surface area contributed by atoms with Crippen LogP contribution in [0.1, 0.15) is 12.5 Å². The van der Waals surface area contributed by atoms with Crippen molar-refractivity contribution < 1.29 is 4.57 Å². The van der Waals surface area contributed by atoms with Crippen molar-refractivity contribution in [3.63, 3.8) is 0 Å². The number of hydrogen-bond donors (Lipinski definition) is 0. The van der Waals surface area contributed by atoms with Crippen LogP contribution in [-0.2, 0) is 4.57 Å². The first kappa shape index (κ1) is 11.5. The largest absolute Gasteiger partial charge is 0.313 e. The van der Waals surface area contributed by atoms with Crippen molar-refractivity contribution in [3.05, 3.63) is 71.8 Å². The normalized spacial score (nSPS) is 22.7. The van der Waals surface area contributed by atoms with E-state index >= 15 is 0 Å². The molecular weight excluding hydrogens is 239 g/mol. The second-order valence-corrected chi connectivity index (χ2v) is 7.49. The fraction of sp³-hybridized carbons (Fsp3) is 0.125. The van der Waals surface area contributed by atoms with E-state index in [9.17, 15) is 4.57 Å². The van der Waals surface area contributed by atoms with Crippen LogP contribution in [0.15, 0.2) is 66.2 Å². The van der Waals surface area contributed by atoms with Gasteiger partial charge in [0.1, 0.15) is 7.14 Å². The summed E-state index contributed by atoms with van der Waals surface area (Å²) in [4.78, 5) is 0. The maximum Gasteiger partial charge on any atom is 0.147 e. The summed E-state index contributed by atoms with van der Waals surface area (Å²) in [5.41, 5.74) is 2.36. The summed E-state index contributed by atoms with van der Waals surface area (Å²) in [6, 6.07) is 20.0. The van der Waals surface area contributed by atoms with E-state index in [-0.39, 0.29) is 0 Å².